The molecule has 0 aromatic carbocycles. The molecule has 0 saturated heterocycles. The van der Waals surface area contributed by atoms with E-state index >= 15 is 0 Å². The van der Waals surface area contributed by atoms with Crippen molar-refractivity contribution in [3.63, 3.8) is 0 Å². The van der Waals surface area contributed by atoms with Gasteiger partial charge in [0.2, 0.25) is 0 Å². The molecule has 0 radical (unpaired) electrons. The van der Waals surface area contributed by atoms with Crippen LogP contribution in [0.2, 0.25) is 0 Å². The molecule has 0 aliphatic rings. The molecule has 14 heavy (non-hydrogen) atoms. The molecule has 0 aromatic heterocycles. The molecule has 84 valence electrons. The van der Waals surface area contributed by atoms with Crippen LogP contribution in [0.5, 0.6) is 0 Å². The second-order valence-corrected chi connectivity index (χ2v) is 4.73. The Morgan fingerprint density at radius 2 is 2.00 bits per heavy atom. The highest BCUT2D eigenvalue weighted by molar-refractivity contribution is 7.98. The van der Waals surface area contributed by atoms with Crippen LogP contribution >= 0.6 is 11.8 Å². The van der Waals surface area contributed by atoms with Crippen LogP contribution in [0.4, 0.5) is 0 Å². The Morgan fingerprint density at radius 3 is 2.57 bits per heavy atom. The van der Waals surface area contributed by atoms with Crippen LogP contribution in [-0.2, 0) is 4.79 Å². The molecule has 0 bridgehead atoms. The Labute approximate surface area is 92.2 Å². The minimum absolute atomic E-state index is 0.213. The van der Waals surface area contributed by atoms with Gasteiger partial charge in [0.15, 0.2) is 0 Å². The average molecular weight is 217 g/mol. The van der Waals surface area contributed by atoms with Gasteiger partial charge in [0.25, 0.3) is 0 Å². The van der Waals surface area contributed by atoms with Crippen molar-refractivity contribution < 1.29 is 4.79 Å². The normalized spacial score (nSPS) is 10.9. The predicted molar refractivity (Wildman–Crippen MR) is 64.7 cm³/mol. The molecule has 0 aliphatic heterocycles. The SMILES string of the molecule is CSCNCCCCCC(=O)C(C)C. The van der Waals surface area contributed by atoms with Crippen molar-refractivity contribution in [2.45, 2.75) is 39.5 Å². The number of carbonyl (C=O) groups is 1. The van der Waals surface area contributed by atoms with E-state index in [1.54, 1.807) is 0 Å². The number of hydrogen-bond acceptors (Lipinski definition) is 3. The lowest BCUT2D eigenvalue weighted by Crippen LogP contribution is -2.14. The zero-order chi connectivity index (χ0) is 10.8. The predicted octanol–water partition coefficient (Wildman–Crippen LogP) is 2.68. The fourth-order valence-electron chi connectivity index (χ4n) is 1.19. The van der Waals surface area contributed by atoms with Crippen LogP contribution in [0.15, 0.2) is 0 Å². The van der Waals surface area contributed by atoms with Crippen LogP contribution in [0.1, 0.15) is 39.5 Å². The van der Waals surface area contributed by atoms with E-state index in [1.807, 2.05) is 25.6 Å². The topological polar surface area (TPSA) is 29.1 Å². The van der Waals surface area contributed by atoms with Gasteiger partial charge < -0.3 is 5.32 Å². The molecule has 0 rings (SSSR count). The first-order chi connectivity index (χ1) is 6.68. The number of Topliss-reactive ketones (excluding diaryl/α,β-unsaturated/α-hetero) is 1. The van der Waals surface area contributed by atoms with Crippen LogP contribution in [0.3, 0.4) is 0 Å². The van der Waals surface area contributed by atoms with Gasteiger partial charge in [-0.2, -0.15) is 0 Å². The monoisotopic (exact) mass is 217 g/mol. The number of ketones is 1. The Morgan fingerprint density at radius 1 is 1.29 bits per heavy atom. The quantitative estimate of drug-likeness (QED) is 0.475. The molecule has 0 unspecified atom stereocenters. The van der Waals surface area contributed by atoms with E-state index in [4.69, 9.17) is 0 Å². The zero-order valence-corrected chi connectivity index (χ0v) is 10.5. The molecule has 2 nitrogen and oxygen atoms in total. The van der Waals surface area contributed by atoms with E-state index in [1.165, 1.54) is 12.8 Å². The van der Waals surface area contributed by atoms with Crippen molar-refractivity contribution in [3.05, 3.63) is 0 Å². The minimum Gasteiger partial charge on any atom is -0.308 e. The van der Waals surface area contributed by atoms with Gasteiger partial charge in [-0.1, -0.05) is 20.3 Å². The van der Waals surface area contributed by atoms with Gasteiger partial charge in [-0.05, 0) is 25.6 Å². The molecule has 0 amide bonds. The number of nitrogens with one attached hydrogen (secondary N) is 1. The summed E-state index contributed by atoms with van der Waals surface area (Å²) >= 11 is 1.81. The summed E-state index contributed by atoms with van der Waals surface area (Å²) < 4.78 is 0. The van der Waals surface area contributed by atoms with Crippen LogP contribution in [-0.4, -0.2) is 24.5 Å². The summed E-state index contributed by atoms with van der Waals surface area (Å²) in [4.78, 5) is 11.3. The van der Waals surface area contributed by atoms with E-state index in [-0.39, 0.29) is 5.92 Å². The molecule has 0 aliphatic carbocycles. The summed E-state index contributed by atoms with van der Waals surface area (Å²) in [5.41, 5.74) is 0. The lowest BCUT2D eigenvalue weighted by Gasteiger charge is -2.04. The summed E-state index contributed by atoms with van der Waals surface area (Å²) in [6.07, 6.45) is 6.26. The van der Waals surface area contributed by atoms with E-state index in [0.29, 0.717) is 5.78 Å². The average Bonchev–Trinajstić information content (AvgIpc) is 2.16. The van der Waals surface area contributed by atoms with Gasteiger partial charge in [0.1, 0.15) is 5.78 Å². The third-order valence-corrected chi connectivity index (χ3v) is 2.66. The van der Waals surface area contributed by atoms with Gasteiger partial charge in [0, 0.05) is 18.2 Å². The van der Waals surface area contributed by atoms with Gasteiger partial charge in [-0.15, -0.1) is 11.8 Å². The Balaban J connectivity index is 3.10. The second kappa shape index (κ2) is 9.53. The highest BCUT2D eigenvalue weighted by atomic mass is 32.2. The first kappa shape index (κ1) is 14.0. The molecule has 0 atom stereocenters. The van der Waals surface area contributed by atoms with Gasteiger partial charge in [-0.3, -0.25) is 4.79 Å². The smallest absolute Gasteiger partial charge is 0.135 e. The maximum absolute atomic E-state index is 11.3. The molecule has 0 heterocycles. The largest absolute Gasteiger partial charge is 0.308 e. The summed E-state index contributed by atoms with van der Waals surface area (Å²) in [6, 6.07) is 0. The van der Waals surface area contributed by atoms with Gasteiger partial charge in [0.05, 0.1) is 0 Å². The van der Waals surface area contributed by atoms with Crippen molar-refractivity contribution in [2.24, 2.45) is 5.92 Å². The first-order valence-electron chi connectivity index (χ1n) is 5.41. The molecule has 3 heteroatoms. The summed E-state index contributed by atoms with van der Waals surface area (Å²) in [7, 11) is 0. The van der Waals surface area contributed by atoms with Crippen molar-refractivity contribution in [3.8, 4) is 0 Å². The van der Waals surface area contributed by atoms with E-state index in [0.717, 1.165) is 25.3 Å². The van der Waals surface area contributed by atoms with E-state index in [2.05, 4.69) is 11.6 Å². The lowest BCUT2D eigenvalue weighted by molar-refractivity contribution is -0.122. The van der Waals surface area contributed by atoms with Gasteiger partial charge >= 0.3 is 0 Å². The Kier molecular flexibility index (Phi) is 9.52. The van der Waals surface area contributed by atoms with Crippen LogP contribution < -0.4 is 5.32 Å². The summed E-state index contributed by atoms with van der Waals surface area (Å²) in [5.74, 6) is 1.65. The van der Waals surface area contributed by atoms with Gasteiger partial charge in [-0.25, -0.2) is 0 Å². The molecule has 0 fully saturated rings. The molecule has 1 N–H and O–H groups in total. The maximum Gasteiger partial charge on any atom is 0.135 e. The van der Waals surface area contributed by atoms with Crippen molar-refractivity contribution in [1.29, 1.82) is 0 Å². The third-order valence-electron chi connectivity index (χ3n) is 2.17. The number of unbranched alkanes of at least 4 members (excludes halogenated alkanes) is 2. The van der Waals surface area contributed by atoms with Crippen molar-refractivity contribution in [1.82, 2.24) is 5.32 Å². The fraction of sp³-hybridized carbons (Fsp3) is 0.909. The number of thioether (sulfide) groups is 1. The third kappa shape index (κ3) is 8.57. The standard InChI is InChI=1S/C11H23NOS/c1-10(2)11(13)7-5-4-6-8-12-9-14-3/h10,12H,4-9H2,1-3H3. The second-order valence-electron chi connectivity index (χ2n) is 3.86. The number of rotatable bonds is 9. The molecule has 0 aromatic rings. The van der Waals surface area contributed by atoms with E-state index in [9.17, 15) is 4.79 Å². The highest BCUT2D eigenvalue weighted by Crippen LogP contribution is 2.05. The fourth-order valence-corrected chi connectivity index (χ4v) is 1.54. The Hall–Kier alpha value is -0.0200. The maximum atomic E-state index is 11.3. The summed E-state index contributed by atoms with van der Waals surface area (Å²) in [6.45, 7) is 5.03. The minimum atomic E-state index is 0.213. The van der Waals surface area contributed by atoms with Crippen LogP contribution in [0, 0.1) is 5.92 Å². The molecule has 0 saturated carbocycles. The van der Waals surface area contributed by atoms with E-state index < -0.39 is 0 Å². The molecular weight excluding hydrogens is 194 g/mol. The molecular formula is C11H23NOS. The number of carbonyl (C=O) groups excluding carboxylic acids is 1. The van der Waals surface area contributed by atoms with Crippen LogP contribution in [0.25, 0.3) is 0 Å². The molecule has 0 spiro atoms. The Bertz CT molecular complexity index is 148. The number of hydrogen-bond donors (Lipinski definition) is 1. The lowest BCUT2D eigenvalue weighted by atomic mass is 10.0. The van der Waals surface area contributed by atoms with Crippen molar-refractivity contribution in [2.75, 3.05) is 18.7 Å². The summed E-state index contributed by atoms with van der Waals surface area (Å²) in [5, 5.41) is 3.32. The van der Waals surface area contributed by atoms with Crippen molar-refractivity contribution >= 4 is 17.5 Å². The first-order valence-corrected chi connectivity index (χ1v) is 6.80. The zero-order valence-electron chi connectivity index (χ0n) is 9.64. The highest BCUT2D eigenvalue weighted by Gasteiger charge is 2.05.